The number of hydrogen-bond acceptors (Lipinski definition) is 5. The number of rotatable bonds is 4. The largest absolute Gasteiger partial charge is 0.345 e. The van der Waals surface area contributed by atoms with Crippen LogP contribution in [0.5, 0.6) is 0 Å². The third-order valence-corrected chi connectivity index (χ3v) is 4.60. The van der Waals surface area contributed by atoms with Crippen molar-refractivity contribution in [3.8, 4) is 0 Å². The molecule has 7 heteroatoms. The van der Waals surface area contributed by atoms with Crippen molar-refractivity contribution in [1.82, 2.24) is 24.6 Å². The van der Waals surface area contributed by atoms with Crippen LogP contribution < -0.4 is 4.90 Å². The number of carbonyl (C=O) groups excluding carboxylic acids is 1. The summed E-state index contributed by atoms with van der Waals surface area (Å²) in [7, 11) is 3.51. The molecule has 0 N–H and O–H groups in total. The Kier molecular flexibility index (Phi) is 5.01. The Morgan fingerprint density at radius 1 is 1.20 bits per heavy atom. The van der Waals surface area contributed by atoms with Crippen LogP contribution in [0, 0.1) is 19.8 Å². The standard InChI is InChI=1S/C18H26N6O/c1-13-9-14(2)21-18(20-13)23-7-5-15(6-8-23)11-24-12-16(10-19-24)17(25)22(3)4/h9-10,12,15H,5-8,11H2,1-4H3. The van der Waals surface area contributed by atoms with Crippen LogP contribution in [-0.4, -0.2) is 57.7 Å². The molecular weight excluding hydrogens is 316 g/mol. The van der Waals surface area contributed by atoms with Crippen molar-refractivity contribution in [1.29, 1.82) is 0 Å². The number of carbonyl (C=O) groups is 1. The van der Waals surface area contributed by atoms with Crippen LogP contribution in [0.2, 0.25) is 0 Å². The molecule has 3 rings (SSSR count). The number of aromatic nitrogens is 4. The van der Waals surface area contributed by atoms with Crippen LogP contribution in [0.3, 0.4) is 0 Å². The van der Waals surface area contributed by atoms with Crippen LogP contribution in [0.25, 0.3) is 0 Å². The highest BCUT2D eigenvalue weighted by Crippen LogP contribution is 2.22. The normalized spacial score (nSPS) is 15.4. The van der Waals surface area contributed by atoms with Gasteiger partial charge in [0.05, 0.1) is 11.8 Å². The van der Waals surface area contributed by atoms with Crippen LogP contribution in [0.15, 0.2) is 18.5 Å². The summed E-state index contributed by atoms with van der Waals surface area (Å²) in [5.74, 6) is 1.39. The van der Waals surface area contributed by atoms with Gasteiger partial charge in [-0.3, -0.25) is 9.48 Å². The summed E-state index contributed by atoms with van der Waals surface area (Å²) in [6, 6.07) is 2.00. The number of anilines is 1. The molecular formula is C18H26N6O. The summed E-state index contributed by atoms with van der Waals surface area (Å²) in [6.45, 7) is 6.78. The van der Waals surface area contributed by atoms with E-state index in [1.54, 1.807) is 25.2 Å². The lowest BCUT2D eigenvalue weighted by atomic mass is 9.97. The zero-order valence-corrected chi connectivity index (χ0v) is 15.4. The van der Waals surface area contributed by atoms with Gasteiger partial charge < -0.3 is 9.80 Å². The summed E-state index contributed by atoms with van der Waals surface area (Å²) < 4.78 is 1.89. The average Bonchev–Trinajstić information content (AvgIpc) is 3.02. The molecule has 2 aromatic heterocycles. The monoisotopic (exact) mass is 342 g/mol. The molecule has 0 atom stereocenters. The summed E-state index contributed by atoms with van der Waals surface area (Å²) in [6.07, 6.45) is 5.66. The highest BCUT2D eigenvalue weighted by Gasteiger charge is 2.22. The van der Waals surface area contributed by atoms with Crippen molar-refractivity contribution in [3.63, 3.8) is 0 Å². The molecule has 0 unspecified atom stereocenters. The van der Waals surface area contributed by atoms with Crippen molar-refractivity contribution in [3.05, 3.63) is 35.4 Å². The van der Waals surface area contributed by atoms with Crippen molar-refractivity contribution in [2.45, 2.75) is 33.2 Å². The Balaban J connectivity index is 1.57. The number of piperidine rings is 1. The fourth-order valence-electron chi connectivity index (χ4n) is 3.26. The molecule has 0 bridgehead atoms. The van der Waals surface area contributed by atoms with Gasteiger partial charge in [0.2, 0.25) is 5.95 Å². The quantitative estimate of drug-likeness (QED) is 0.849. The third-order valence-electron chi connectivity index (χ3n) is 4.60. The number of aryl methyl sites for hydroxylation is 2. The van der Waals surface area contributed by atoms with Crippen molar-refractivity contribution in [2.75, 3.05) is 32.1 Å². The molecule has 1 aliphatic heterocycles. The summed E-state index contributed by atoms with van der Waals surface area (Å²) in [4.78, 5) is 24.9. The molecule has 1 aliphatic rings. The smallest absolute Gasteiger partial charge is 0.256 e. The number of amides is 1. The second-order valence-electron chi connectivity index (χ2n) is 7.03. The Morgan fingerprint density at radius 3 is 2.44 bits per heavy atom. The highest BCUT2D eigenvalue weighted by molar-refractivity contribution is 5.93. The SMILES string of the molecule is Cc1cc(C)nc(N2CCC(Cn3cc(C(=O)N(C)C)cn3)CC2)n1. The van der Waals surface area contributed by atoms with Gasteiger partial charge in [0.25, 0.3) is 5.91 Å². The molecule has 0 saturated carbocycles. The van der Waals surface area contributed by atoms with Crippen molar-refractivity contribution >= 4 is 11.9 Å². The summed E-state index contributed by atoms with van der Waals surface area (Å²) in [5.41, 5.74) is 2.67. The van der Waals surface area contributed by atoms with Gasteiger partial charge in [-0.05, 0) is 38.7 Å². The van der Waals surface area contributed by atoms with E-state index in [2.05, 4.69) is 20.0 Å². The minimum absolute atomic E-state index is 0.00645. The second-order valence-corrected chi connectivity index (χ2v) is 7.03. The minimum atomic E-state index is -0.00645. The fourth-order valence-corrected chi connectivity index (χ4v) is 3.26. The molecule has 2 aromatic rings. The van der Waals surface area contributed by atoms with E-state index in [-0.39, 0.29) is 5.91 Å². The second kappa shape index (κ2) is 7.21. The predicted octanol–water partition coefficient (Wildman–Crippen LogP) is 1.91. The van der Waals surface area contributed by atoms with Gasteiger partial charge in [-0.15, -0.1) is 0 Å². The summed E-state index contributed by atoms with van der Waals surface area (Å²) >= 11 is 0. The molecule has 1 amide bonds. The van der Waals surface area contributed by atoms with Crippen LogP contribution in [0.4, 0.5) is 5.95 Å². The van der Waals surface area contributed by atoms with Gasteiger partial charge in [0, 0.05) is 51.3 Å². The van der Waals surface area contributed by atoms with Crippen molar-refractivity contribution < 1.29 is 4.79 Å². The average molecular weight is 342 g/mol. The molecule has 7 nitrogen and oxygen atoms in total. The predicted molar refractivity (Wildman–Crippen MR) is 96.7 cm³/mol. The summed E-state index contributed by atoms with van der Waals surface area (Å²) in [5, 5.41) is 4.35. The van der Waals surface area contributed by atoms with Crippen LogP contribution in [-0.2, 0) is 6.54 Å². The lowest BCUT2D eigenvalue weighted by molar-refractivity contribution is 0.0827. The fraction of sp³-hybridized carbons (Fsp3) is 0.556. The van der Waals surface area contributed by atoms with E-state index in [9.17, 15) is 4.79 Å². The van der Waals surface area contributed by atoms with Gasteiger partial charge in [-0.25, -0.2) is 9.97 Å². The van der Waals surface area contributed by atoms with E-state index in [0.717, 1.165) is 49.8 Å². The molecule has 1 saturated heterocycles. The van der Waals surface area contributed by atoms with Crippen LogP contribution >= 0.6 is 0 Å². The van der Waals surface area contributed by atoms with Gasteiger partial charge in [-0.2, -0.15) is 5.10 Å². The zero-order valence-electron chi connectivity index (χ0n) is 15.4. The molecule has 0 aromatic carbocycles. The minimum Gasteiger partial charge on any atom is -0.345 e. The first-order chi connectivity index (χ1) is 11.9. The topological polar surface area (TPSA) is 67.2 Å². The maximum atomic E-state index is 12.0. The van der Waals surface area contributed by atoms with Gasteiger partial charge in [-0.1, -0.05) is 0 Å². The molecule has 3 heterocycles. The van der Waals surface area contributed by atoms with E-state index in [1.165, 1.54) is 0 Å². The molecule has 0 radical (unpaired) electrons. The van der Waals surface area contributed by atoms with E-state index in [1.807, 2.05) is 30.8 Å². The van der Waals surface area contributed by atoms with Gasteiger partial charge >= 0.3 is 0 Å². The highest BCUT2D eigenvalue weighted by atomic mass is 16.2. The Morgan fingerprint density at radius 2 is 1.84 bits per heavy atom. The number of nitrogens with zero attached hydrogens (tertiary/aromatic N) is 6. The first-order valence-corrected chi connectivity index (χ1v) is 8.73. The van der Waals surface area contributed by atoms with Crippen molar-refractivity contribution in [2.24, 2.45) is 5.92 Å². The van der Waals surface area contributed by atoms with E-state index >= 15 is 0 Å². The van der Waals surface area contributed by atoms with E-state index < -0.39 is 0 Å². The first kappa shape index (κ1) is 17.4. The Labute approximate surface area is 148 Å². The van der Waals surface area contributed by atoms with E-state index in [0.29, 0.717) is 11.5 Å². The lowest BCUT2D eigenvalue weighted by Crippen LogP contribution is -2.36. The maximum absolute atomic E-state index is 12.0. The molecule has 134 valence electrons. The van der Waals surface area contributed by atoms with E-state index in [4.69, 9.17) is 0 Å². The molecule has 25 heavy (non-hydrogen) atoms. The van der Waals surface area contributed by atoms with Crippen LogP contribution in [0.1, 0.15) is 34.6 Å². The Bertz CT molecular complexity index is 726. The maximum Gasteiger partial charge on any atom is 0.256 e. The third kappa shape index (κ3) is 4.15. The molecule has 0 spiro atoms. The van der Waals surface area contributed by atoms with Gasteiger partial charge in [0.1, 0.15) is 0 Å². The molecule has 1 fully saturated rings. The molecule has 0 aliphatic carbocycles. The first-order valence-electron chi connectivity index (χ1n) is 8.73. The van der Waals surface area contributed by atoms with Gasteiger partial charge in [0.15, 0.2) is 0 Å². The number of hydrogen-bond donors (Lipinski definition) is 0. The Hall–Kier alpha value is -2.44. The lowest BCUT2D eigenvalue weighted by Gasteiger charge is -2.32. The zero-order chi connectivity index (χ0) is 18.0.